The van der Waals surface area contributed by atoms with Crippen molar-refractivity contribution in [3.05, 3.63) is 42.2 Å². The molecule has 80 valence electrons. The Kier molecular flexibility index (Phi) is 2.07. The van der Waals surface area contributed by atoms with E-state index in [-0.39, 0.29) is 0 Å². The molecule has 0 unspecified atom stereocenters. The highest BCUT2D eigenvalue weighted by Crippen LogP contribution is 2.19. The van der Waals surface area contributed by atoms with Crippen LogP contribution in [0.1, 0.15) is 5.56 Å². The zero-order chi connectivity index (χ0) is 10.8. The van der Waals surface area contributed by atoms with Gasteiger partial charge in [-0.15, -0.1) is 5.10 Å². The number of ether oxygens (including phenoxy) is 1. The van der Waals surface area contributed by atoms with Gasteiger partial charge in [0.05, 0.1) is 6.33 Å². The van der Waals surface area contributed by atoms with Crippen LogP contribution in [-0.4, -0.2) is 20.2 Å². The predicted molar refractivity (Wildman–Crippen MR) is 59.0 cm³/mol. The van der Waals surface area contributed by atoms with Gasteiger partial charge in [0.1, 0.15) is 12.1 Å². The highest BCUT2D eigenvalue weighted by molar-refractivity contribution is 5.75. The summed E-state index contributed by atoms with van der Waals surface area (Å²) in [5.74, 6) is 0.552. The zero-order valence-corrected chi connectivity index (χ0v) is 8.47. The van der Waals surface area contributed by atoms with E-state index in [4.69, 9.17) is 4.74 Å². The first-order valence-corrected chi connectivity index (χ1v) is 4.97. The van der Waals surface area contributed by atoms with Crippen LogP contribution >= 0.6 is 0 Å². The average Bonchev–Trinajstić information content (AvgIpc) is 2.90. The predicted octanol–water partition coefficient (Wildman–Crippen LogP) is 1.86. The molecule has 0 amide bonds. The summed E-state index contributed by atoms with van der Waals surface area (Å²) in [6, 6.07) is 9.96. The van der Waals surface area contributed by atoms with Gasteiger partial charge in [0.25, 0.3) is 5.88 Å². The molecule has 5 nitrogen and oxygen atoms in total. The van der Waals surface area contributed by atoms with Crippen molar-refractivity contribution in [2.45, 2.75) is 6.61 Å². The number of nitrogens with one attached hydrogen (secondary N) is 2. The fraction of sp³-hybridized carbons (Fsp3) is 0.0909. The average molecular weight is 214 g/mol. The number of hydrogen-bond acceptors (Lipinski definition) is 3. The lowest BCUT2D eigenvalue weighted by Crippen LogP contribution is -1.95. The van der Waals surface area contributed by atoms with Crippen molar-refractivity contribution >= 4 is 11.2 Å². The third-order valence-corrected chi connectivity index (χ3v) is 2.33. The van der Waals surface area contributed by atoms with Gasteiger partial charge in [0.15, 0.2) is 5.65 Å². The Bertz CT molecular complexity index is 584. The Hall–Kier alpha value is -2.30. The summed E-state index contributed by atoms with van der Waals surface area (Å²) in [7, 11) is 0. The lowest BCUT2D eigenvalue weighted by atomic mass is 10.2. The smallest absolute Gasteiger partial charge is 0.259 e. The fourth-order valence-electron chi connectivity index (χ4n) is 1.53. The first-order chi connectivity index (χ1) is 7.93. The van der Waals surface area contributed by atoms with E-state index in [9.17, 15) is 0 Å². The van der Waals surface area contributed by atoms with Gasteiger partial charge in [-0.2, -0.15) is 0 Å². The van der Waals surface area contributed by atoms with E-state index in [0.717, 1.165) is 11.1 Å². The van der Waals surface area contributed by atoms with Crippen molar-refractivity contribution < 1.29 is 4.74 Å². The van der Waals surface area contributed by atoms with Crippen molar-refractivity contribution in [3.63, 3.8) is 0 Å². The summed E-state index contributed by atoms with van der Waals surface area (Å²) in [5.41, 5.74) is 2.62. The van der Waals surface area contributed by atoms with Gasteiger partial charge in [0.2, 0.25) is 0 Å². The number of hydrogen-bond donors (Lipinski definition) is 2. The molecule has 2 heterocycles. The second-order valence-corrected chi connectivity index (χ2v) is 3.43. The maximum Gasteiger partial charge on any atom is 0.259 e. The number of imidazole rings is 1. The van der Waals surface area contributed by atoms with Gasteiger partial charge in [-0.3, -0.25) is 5.10 Å². The van der Waals surface area contributed by atoms with Crippen LogP contribution in [0, 0.1) is 0 Å². The minimum absolute atomic E-state index is 0.500. The summed E-state index contributed by atoms with van der Waals surface area (Å²) in [5, 5.41) is 6.82. The quantitative estimate of drug-likeness (QED) is 0.699. The Morgan fingerprint density at radius 1 is 1.19 bits per heavy atom. The van der Waals surface area contributed by atoms with E-state index in [0.29, 0.717) is 18.1 Å². The van der Waals surface area contributed by atoms with Crippen LogP contribution in [-0.2, 0) is 6.61 Å². The van der Waals surface area contributed by atoms with E-state index in [1.54, 1.807) is 6.33 Å². The number of aromatic nitrogens is 4. The molecular formula is C11H10N4O. The Morgan fingerprint density at radius 3 is 2.94 bits per heavy atom. The van der Waals surface area contributed by atoms with Gasteiger partial charge in [-0.25, -0.2) is 4.98 Å². The summed E-state index contributed by atoms with van der Waals surface area (Å²) in [6.45, 7) is 0.500. The fourth-order valence-corrected chi connectivity index (χ4v) is 1.53. The second-order valence-electron chi connectivity index (χ2n) is 3.43. The van der Waals surface area contributed by atoms with Crippen molar-refractivity contribution in [2.75, 3.05) is 0 Å². The summed E-state index contributed by atoms with van der Waals surface area (Å²) in [6.07, 6.45) is 1.61. The molecule has 0 aliphatic heterocycles. The number of fused-ring (bicyclic) bond motifs is 1. The summed E-state index contributed by atoms with van der Waals surface area (Å²) in [4.78, 5) is 7.02. The molecule has 1 aromatic carbocycles. The molecule has 0 bridgehead atoms. The van der Waals surface area contributed by atoms with Crippen molar-refractivity contribution in [1.82, 2.24) is 20.2 Å². The molecule has 16 heavy (non-hydrogen) atoms. The van der Waals surface area contributed by atoms with Crippen LogP contribution in [0.25, 0.3) is 11.2 Å². The molecule has 5 heteroatoms. The SMILES string of the molecule is c1ccc(COc2n[nH]c3nc[nH]c23)cc1. The van der Waals surface area contributed by atoms with E-state index in [1.807, 2.05) is 30.3 Å². The maximum atomic E-state index is 5.59. The standard InChI is InChI=1S/C11H10N4O/c1-2-4-8(5-3-1)6-16-11-9-10(14-15-11)13-7-12-9/h1-5,7H,6H2,(H2,12,13,14,15). The van der Waals surface area contributed by atoms with Gasteiger partial charge < -0.3 is 9.72 Å². The summed E-state index contributed by atoms with van der Waals surface area (Å²) < 4.78 is 5.59. The monoisotopic (exact) mass is 214 g/mol. The van der Waals surface area contributed by atoms with E-state index < -0.39 is 0 Å². The molecule has 3 rings (SSSR count). The molecule has 2 N–H and O–H groups in total. The van der Waals surface area contributed by atoms with Crippen molar-refractivity contribution in [2.24, 2.45) is 0 Å². The molecule has 0 radical (unpaired) electrons. The first kappa shape index (κ1) is 8.96. The topological polar surface area (TPSA) is 66.6 Å². The largest absolute Gasteiger partial charge is 0.470 e. The van der Waals surface area contributed by atoms with Crippen LogP contribution < -0.4 is 4.74 Å². The Balaban J connectivity index is 1.79. The minimum atomic E-state index is 0.500. The highest BCUT2D eigenvalue weighted by Gasteiger charge is 2.08. The van der Waals surface area contributed by atoms with Crippen LogP contribution in [0.2, 0.25) is 0 Å². The number of nitrogens with zero attached hydrogens (tertiary/aromatic N) is 2. The normalized spacial score (nSPS) is 10.8. The minimum Gasteiger partial charge on any atom is -0.470 e. The molecule has 0 saturated carbocycles. The Labute approximate surface area is 91.5 Å². The molecule has 0 spiro atoms. The van der Waals surface area contributed by atoms with Gasteiger partial charge >= 0.3 is 0 Å². The van der Waals surface area contributed by atoms with Gasteiger partial charge in [-0.1, -0.05) is 30.3 Å². The first-order valence-electron chi connectivity index (χ1n) is 4.97. The number of benzene rings is 1. The van der Waals surface area contributed by atoms with Crippen LogP contribution in [0.4, 0.5) is 0 Å². The number of H-pyrrole nitrogens is 2. The van der Waals surface area contributed by atoms with Crippen LogP contribution in [0.3, 0.4) is 0 Å². The number of aromatic amines is 2. The van der Waals surface area contributed by atoms with Crippen LogP contribution in [0.15, 0.2) is 36.7 Å². The van der Waals surface area contributed by atoms with Gasteiger partial charge in [-0.05, 0) is 5.56 Å². The van der Waals surface area contributed by atoms with Crippen LogP contribution in [0.5, 0.6) is 5.88 Å². The third-order valence-electron chi connectivity index (χ3n) is 2.33. The molecule has 2 aromatic heterocycles. The molecule has 0 fully saturated rings. The summed E-state index contributed by atoms with van der Waals surface area (Å²) >= 11 is 0. The highest BCUT2D eigenvalue weighted by atomic mass is 16.5. The lowest BCUT2D eigenvalue weighted by molar-refractivity contribution is 0.296. The lowest BCUT2D eigenvalue weighted by Gasteiger charge is -2.01. The molecule has 0 aliphatic rings. The zero-order valence-electron chi connectivity index (χ0n) is 8.47. The molecule has 0 aliphatic carbocycles. The molecule has 0 saturated heterocycles. The third kappa shape index (κ3) is 1.52. The van der Waals surface area contributed by atoms with Gasteiger partial charge in [0, 0.05) is 0 Å². The molecule has 0 atom stereocenters. The Morgan fingerprint density at radius 2 is 2.06 bits per heavy atom. The van der Waals surface area contributed by atoms with E-state index in [1.165, 1.54) is 0 Å². The van der Waals surface area contributed by atoms with E-state index >= 15 is 0 Å². The molecule has 3 aromatic rings. The van der Waals surface area contributed by atoms with Crippen molar-refractivity contribution in [1.29, 1.82) is 0 Å². The number of rotatable bonds is 3. The van der Waals surface area contributed by atoms with E-state index in [2.05, 4.69) is 20.2 Å². The molecular weight excluding hydrogens is 204 g/mol. The maximum absolute atomic E-state index is 5.59. The van der Waals surface area contributed by atoms with Crippen molar-refractivity contribution in [3.8, 4) is 5.88 Å². The second kappa shape index (κ2) is 3.69.